The highest BCUT2D eigenvalue weighted by Crippen LogP contribution is 2.39. The Kier molecular flexibility index (Phi) is 6.37. The van der Waals surface area contributed by atoms with Crippen molar-refractivity contribution in [2.24, 2.45) is 0 Å². The van der Waals surface area contributed by atoms with Gasteiger partial charge >= 0.3 is 0 Å². The van der Waals surface area contributed by atoms with E-state index >= 15 is 0 Å². The first-order chi connectivity index (χ1) is 16.6. The normalized spacial score (nSPS) is 14.9. The summed E-state index contributed by atoms with van der Waals surface area (Å²) in [6, 6.07) is 21.2. The third kappa shape index (κ3) is 4.44. The third-order valence-electron chi connectivity index (χ3n) is 5.46. The van der Waals surface area contributed by atoms with E-state index < -0.39 is 0 Å². The number of rotatable bonds is 7. The second-order valence-corrected chi connectivity index (χ2v) is 9.59. The molecule has 0 aliphatic carbocycles. The Balaban J connectivity index is 1.46. The van der Waals surface area contributed by atoms with Crippen LogP contribution in [0.5, 0.6) is 5.75 Å². The number of thiophene rings is 1. The van der Waals surface area contributed by atoms with Crippen LogP contribution in [0.25, 0.3) is 0 Å². The number of para-hydroxylation sites is 2. The molecule has 9 heteroatoms. The number of hydrogen-bond donors (Lipinski definition) is 2. The van der Waals surface area contributed by atoms with Gasteiger partial charge in [0.1, 0.15) is 11.8 Å². The number of carbonyl (C=O) groups excluding carboxylic acids is 1. The molecule has 7 nitrogen and oxygen atoms in total. The molecule has 172 valence electrons. The van der Waals surface area contributed by atoms with Gasteiger partial charge < -0.3 is 15.4 Å². The number of allylic oxidation sites excluding steroid dienone is 1. The first-order valence-electron chi connectivity index (χ1n) is 10.7. The van der Waals surface area contributed by atoms with E-state index in [9.17, 15) is 4.79 Å². The number of hydrogen-bond acceptors (Lipinski definition) is 7. The molecule has 34 heavy (non-hydrogen) atoms. The molecule has 1 amide bonds. The largest absolute Gasteiger partial charge is 0.495 e. The van der Waals surface area contributed by atoms with E-state index in [2.05, 4.69) is 22.8 Å². The molecule has 2 aromatic heterocycles. The fourth-order valence-electron chi connectivity index (χ4n) is 3.86. The predicted molar refractivity (Wildman–Crippen MR) is 136 cm³/mol. The second-order valence-electron chi connectivity index (χ2n) is 7.67. The number of nitrogens with one attached hydrogen (secondary N) is 2. The Bertz CT molecular complexity index is 1330. The van der Waals surface area contributed by atoms with Crippen LogP contribution in [0, 0.1) is 0 Å². The van der Waals surface area contributed by atoms with E-state index in [-0.39, 0.29) is 11.9 Å². The van der Waals surface area contributed by atoms with Gasteiger partial charge in [-0.1, -0.05) is 60.3 Å². The van der Waals surface area contributed by atoms with Crippen molar-refractivity contribution in [1.82, 2.24) is 14.8 Å². The summed E-state index contributed by atoms with van der Waals surface area (Å²) in [5.74, 6) is 1.78. The van der Waals surface area contributed by atoms with Crippen LogP contribution < -0.4 is 15.4 Å². The molecule has 3 heterocycles. The van der Waals surface area contributed by atoms with Gasteiger partial charge in [-0.05, 0) is 36.1 Å². The minimum absolute atomic E-state index is 0.215. The number of thioether (sulfide) groups is 1. The van der Waals surface area contributed by atoms with Crippen LogP contribution in [-0.4, -0.2) is 27.8 Å². The standard InChI is InChI=1S/C25H23N5O2S2/c1-16-21(23(31)27-18-11-6-7-12-19(18)32-2)22(20-13-8-14-33-20)30-24(26-16)28-25(29-30)34-15-17-9-4-3-5-10-17/h3-14,22H,15H2,1-2H3,(H,27,31)(H,26,28,29). The van der Waals surface area contributed by atoms with Gasteiger partial charge in [-0.3, -0.25) is 4.79 Å². The molecule has 4 aromatic rings. The summed E-state index contributed by atoms with van der Waals surface area (Å²) >= 11 is 3.16. The maximum atomic E-state index is 13.6. The fourth-order valence-corrected chi connectivity index (χ4v) is 5.46. The number of benzene rings is 2. The molecular formula is C25H23N5O2S2. The molecule has 5 rings (SSSR count). The van der Waals surface area contributed by atoms with Crippen molar-refractivity contribution in [3.05, 3.63) is 93.8 Å². The summed E-state index contributed by atoms with van der Waals surface area (Å²) in [5, 5.41) is 13.7. The molecule has 1 aliphatic heterocycles. The van der Waals surface area contributed by atoms with Crippen molar-refractivity contribution < 1.29 is 9.53 Å². The molecular weight excluding hydrogens is 466 g/mol. The number of fused-ring (bicyclic) bond motifs is 1. The maximum Gasteiger partial charge on any atom is 0.256 e. The lowest BCUT2D eigenvalue weighted by atomic mass is 10.0. The number of amides is 1. The minimum Gasteiger partial charge on any atom is -0.495 e. The zero-order chi connectivity index (χ0) is 23.5. The summed E-state index contributed by atoms with van der Waals surface area (Å²) in [5.41, 5.74) is 3.15. The van der Waals surface area contributed by atoms with E-state index in [1.807, 2.05) is 71.6 Å². The van der Waals surface area contributed by atoms with Crippen molar-refractivity contribution in [1.29, 1.82) is 0 Å². The molecule has 1 atom stereocenters. The quantitative estimate of drug-likeness (QED) is 0.331. The van der Waals surface area contributed by atoms with Crippen LogP contribution in [0.4, 0.5) is 11.6 Å². The van der Waals surface area contributed by atoms with Gasteiger partial charge in [0.15, 0.2) is 0 Å². The van der Waals surface area contributed by atoms with Crippen molar-refractivity contribution >= 4 is 40.6 Å². The van der Waals surface area contributed by atoms with Gasteiger partial charge in [-0.2, -0.15) is 4.98 Å². The average Bonchev–Trinajstić information content (AvgIpc) is 3.53. The summed E-state index contributed by atoms with van der Waals surface area (Å²) in [6.07, 6.45) is 0. The molecule has 0 bridgehead atoms. The summed E-state index contributed by atoms with van der Waals surface area (Å²) in [4.78, 5) is 19.3. The van der Waals surface area contributed by atoms with Crippen molar-refractivity contribution in [2.75, 3.05) is 17.7 Å². The topological polar surface area (TPSA) is 81.1 Å². The van der Waals surface area contributed by atoms with Crippen LogP contribution in [0.15, 0.2) is 88.5 Å². The number of aromatic nitrogens is 3. The molecule has 0 radical (unpaired) electrons. The second kappa shape index (κ2) is 9.74. The van der Waals surface area contributed by atoms with E-state index in [0.717, 1.165) is 16.3 Å². The molecule has 1 aliphatic rings. The number of nitrogens with zero attached hydrogens (tertiary/aromatic N) is 3. The van der Waals surface area contributed by atoms with Crippen LogP contribution in [-0.2, 0) is 10.5 Å². The highest BCUT2D eigenvalue weighted by atomic mass is 32.2. The van der Waals surface area contributed by atoms with E-state index in [4.69, 9.17) is 14.8 Å². The lowest BCUT2D eigenvalue weighted by molar-refractivity contribution is -0.113. The first kappa shape index (κ1) is 22.2. The molecule has 2 aromatic carbocycles. The molecule has 0 saturated carbocycles. The monoisotopic (exact) mass is 489 g/mol. The van der Waals surface area contributed by atoms with Gasteiger partial charge in [0.2, 0.25) is 11.1 Å². The van der Waals surface area contributed by atoms with Gasteiger partial charge in [0, 0.05) is 16.3 Å². The number of methoxy groups -OCH3 is 1. The lowest BCUT2D eigenvalue weighted by Gasteiger charge is -2.27. The van der Waals surface area contributed by atoms with Gasteiger partial charge in [-0.25, -0.2) is 4.68 Å². The van der Waals surface area contributed by atoms with E-state index in [0.29, 0.717) is 28.1 Å². The average molecular weight is 490 g/mol. The maximum absolute atomic E-state index is 13.6. The van der Waals surface area contributed by atoms with E-state index in [1.165, 1.54) is 5.56 Å². The van der Waals surface area contributed by atoms with Gasteiger partial charge in [-0.15, -0.1) is 16.4 Å². The van der Waals surface area contributed by atoms with Crippen molar-refractivity contribution in [2.45, 2.75) is 23.9 Å². The zero-order valence-corrected chi connectivity index (χ0v) is 20.3. The predicted octanol–water partition coefficient (Wildman–Crippen LogP) is 5.57. The van der Waals surface area contributed by atoms with Crippen molar-refractivity contribution in [3.63, 3.8) is 0 Å². The minimum atomic E-state index is -0.385. The van der Waals surface area contributed by atoms with Crippen LogP contribution in [0.2, 0.25) is 0 Å². The summed E-state index contributed by atoms with van der Waals surface area (Å²) in [6.45, 7) is 1.90. The Morgan fingerprint density at radius 3 is 2.71 bits per heavy atom. The van der Waals surface area contributed by atoms with Crippen LogP contribution >= 0.6 is 23.1 Å². The fraction of sp³-hybridized carbons (Fsp3) is 0.160. The zero-order valence-electron chi connectivity index (χ0n) is 18.7. The third-order valence-corrected chi connectivity index (χ3v) is 7.29. The number of ether oxygens (including phenoxy) is 1. The number of carbonyl (C=O) groups is 1. The SMILES string of the molecule is COc1ccccc1NC(=O)C1=C(C)Nc2nc(SCc3ccccc3)nn2C1c1cccs1. The highest BCUT2D eigenvalue weighted by Gasteiger charge is 2.35. The van der Waals surface area contributed by atoms with Gasteiger partial charge in [0.05, 0.1) is 18.4 Å². The summed E-state index contributed by atoms with van der Waals surface area (Å²) in [7, 11) is 1.59. The van der Waals surface area contributed by atoms with Crippen molar-refractivity contribution in [3.8, 4) is 5.75 Å². The van der Waals surface area contributed by atoms with E-state index in [1.54, 1.807) is 30.2 Å². The Morgan fingerprint density at radius 2 is 1.94 bits per heavy atom. The van der Waals surface area contributed by atoms with Crippen LogP contribution in [0.1, 0.15) is 23.4 Å². The van der Waals surface area contributed by atoms with Crippen LogP contribution in [0.3, 0.4) is 0 Å². The number of anilines is 2. The summed E-state index contributed by atoms with van der Waals surface area (Å²) < 4.78 is 7.22. The molecule has 0 fully saturated rings. The molecule has 2 N–H and O–H groups in total. The highest BCUT2D eigenvalue weighted by molar-refractivity contribution is 7.98. The molecule has 1 unspecified atom stereocenters. The smallest absolute Gasteiger partial charge is 0.256 e. The lowest BCUT2D eigenvalue weighted by Crippen LogP contribution is -2.31. The Morgan fingerprint density at radius 1 is 1.15 bits per heavy atom. The Hall–Kier alpha value is -3.56. The van der Waals surface area contributed by atoms with Gasteiger partial charge in [0.25, 0.3) is 5.91 Å². The Labute approximate surface area is 205 Å². The first-order valence-corrected chi connectivity index (χ1v) is 12.6. The molecule has 0 spiro atoms. The molecule has 0 saturated heterocycles.